The molecule has 0 bridgehead atoms. The lowest BCUT2D eigenvalue weighted by Crippen LogP contribution is -2.42. The second-order valence-electron chi connectivity index (χ2n) is 5.16. The normalized spacial score (nSPS) is 12.5. The predicted molar refractivity (Wildman–Crippen MR) is 73.5 cm³/mol. The van der Waals surface area contributed by atoms with Crippen LogP contribution < -0.4 is 5.32 Å². The van der Waals surface area contributed by atoms with Crippen LogP contribution in [-0.4, -0.2) is 42.6 Å². The first-order valence-electron chi connectivity index (χ1n) is 6.64. The number of fused-ring (bicyclic) bond motifs is 1. The highest BCUT2D eigenvalue weighted by Gasteiger charge is 2.21. The van der Waals surface area contributed by atoms with Crippen molar-refractivity contribution in [2.24, 2.45) is 5.92 Å². The third-order valence-electron chi connectivity index (χ3n) is 2.82. The highest BCUT2D eigenvalue weighted by Crippen LogP contribution is 2.05. The summed E-state index contributed by atoms with van der Waals surface area (Å²) in [4.78, 5) is 31.1. The second-order valence-corrected chi connectivity index (χ2v) is 5.16. The fraction of sp³-hybridized carbons (Fsp3) is 0.462. The summed E-state index contributed by atoms with van der Waals surface area (Å²) in [6, 6.07) is 0.807. The van der Waals surface area contributed by atoms with E-state index in [4.69, 9.17) is 5.11 Å². The van der Waals surface area contributed by atoms with E-state index in [2.05, 4.69) is 20.4 Å². The first-order valence-corrected chi connectivity index (χ1v) is 6.64. The Balaban J connectivity index is 2.01. The van der Waals surface area contributed by atoms with Gasteiger partial charge in [-0.1, -0.05) is 13.8 Å². The van der Waals surface area contributed by atoms with E-state index in [1.807, 2.05) is 13.8 Å². The maximum Gasteiger partial charge on any atom is 0.326 e. The number of hydrogen-bond acceptors (Lipinski definition) is 5. The molecule has 0 aliphatic rings. The van der Waals surface area contributed by atoms with Gasteiger partial charge in [0.25, 0.3) is 5.78 Å². The Hall–Kier alpha value is -2.51. The molecule has 0 fully saturated rings. The zero-order valence-corrected chi connectivity index (χ0v) is 11.9. The number of carboxylic acid groups (broad SMARTS) is 1. The summed E-state index contributed by atoms with van der Waals surface area (Å²) in [7, 11) is 0. The monoisotopic (exact) mass is 291 g/mol. The summed E-state index contributed by atoms with van der Waals surface area (Å²) >= 11 is 0. The summed E-state index contributed by atoms with van der Waals surface area (Å²) in [5, 5.41) is 15.7. The van der Waals surface area contributed by atoms with Crippen LogP contribution in [0.25, 0.3) is 5.78 Å². The molecule has 1 atom stereocenters. The number of carboxylic acids is 1. The van der Waals surface area contributed by atoms with Gasteiger partial charge < -0.3 is 10.4 Å². The summed E-state index contributed by atoms with van der Waals surface area (Å²) in [6.07, 6.45) is 3.55. The molecule has 8 nitrogen and oxygen atoms in total. The van der Waals surface area contributed by atoms with E-state index in [-0.39, 0.29) is 12.3 Å². The number of carbonyl (C=O) groups excluding carboxylic acids is 1. The van der Waals surface area contributed by atoms with E-state index < -0.39 is 17.9 Å². The highest BCUT2D eigenvalue weighted by molar-refractivity contribution is 5.84. The number of carbonyl (C=O) groups is 2. The van der Waals surface area contributed by atoms with Crippen LogP contribution in [0.15, 0.2) is 18.5 Å². The lowest BCUT2D eigenvalue weighted by molar-refractivity contribution is -0.142. The van der Waals surface area contributed by atoms with Gasteiger partial charge in [-0.15, -0.1) is 5.10 Å². The fourth-order valence-corrected chi connectivity index (χ4v) is 1.93. The SMILES string of the molecule is CC(C)CC(NC(=O)Cc1nc2ncccn2n1)C(=O)O. The number of amides is 1. The molecule has 2 aromatic heterocycles. The molecule has 0 aromatic carbocycles. The summed E-state index contributed by atoms with van der Waals surface area (Å²) in [5.74, 6) is -0.582. The van der Waals surface area contributed by atoms with Gasteiger partial charge in [-0.3, -0.25) is 4.79 Å². The Morgan fingerprint density at radius 2 is 2.19 bits per heavy atom. The average molecular weight is 291 g/mol. The van der Waals surface area contributed by atoms with Gasteiger partial charge in [0.05, 0.1) is 6.42 Å². The minimum atomic E-state index is -1.04. The summed E-state index contributed by atoms with van der Waals surface area (Å²) < 4.78 is 1.46. The van der Waals surface area contributed by atoms with Crippen molar-refractivity contribution < 1.29 is 14.7 Å². The molecule has 8 heteroatoms. The van der Waals surface area contributed by atoms with Crippen molar-refractivity contribution in [3.8, 4) is 0 Å². The number of nitrogens with one attached hydrogen (secondary N) is 1. The molecule has 2 aromatic rings. The van der Waals surface area contributed by atoms with Gasteiger partial charge in [-0.25, -0.2) is 14.3 Å². The third kappa shape index (κ3) is 3.98. The van der Waals surface area contributed by atoms with Crippen molar-refractivity contribution in [3.63, 3.8) is 0 Å². The van der Waals surface area contributed by atoms with Gasteiger partial charge >= 0.3 is 5.97 Å². The van der Waals surface area contributed by atoms with Crippen molar-refractivity contribution >= 4 is 17.7 Å². The first-order chi connectivity index (χ1) is 9.95. The summed E-state index contributed by atoms with van der Waals surface area (Å²) in [5.41, 5.74) is 0. The van der Waals surface area contributed by atoms with E-state index in [0.29, 0.717) is 18.0 Å². The summed E-state index contributed by atoms with van der Waals surface area (Å²) in [6.45, 7) is 3.80. The van der Waals surface area contributed by atoms with Gasteiger partial charge in [-0.05, 0) is 18.4 Å². The zero-order valence-electron chi connectivity index (χ0n) is 11.9. The third-order valence-corrected chi connectivity index (χ3v) is 2.82. The molecule has 0 saturated carbocycles. The molecule has 2 rings (SSSR count). The number of aromatic nitrogens is 4. The molecule has 2 heterocycles. The lowest BCUT2D eigenvalue weighted by Gasteiger charge is -2.15. The van der Waals surface area contributed by atoms with Crippen molar-refractivity contribution in [2.75, 3.05) is 0 Å². The number of nitrogens with zero attached hydrogens (tertiary/aromatic N) is 4. The fourth-order valence-electron chi connectivity index (χ4n) is 1.93. The van der Waals surface area contributed by atoms with Crippen LogP contribution in [0.4, 0.5) is 0 Å². The first kappa shape index (κ1) is 14.9. The molecule has 1 unspecified atom stereocenters. The number of hydrogen-bond donors (Lipinski definition) is 2. The average Bonchev–Trinajstić information content (AvgIpc) is 2.79. The Labute approximate surface area is 121 Å². The van der Waals surface area contributed by atoms with Crippen LogP contribution in [0, 0.1) is 5.92 Å². The molecular formula is C13H17N5O3. The zero-order chi connectivity index (χ0) is 15.4. The van der Waals surface area contributed by atoms with Crippen LogP contribution >= 0.6 is 0 Å². The van der Waals surface area contributed by atoms with Crippen LogP contribution in [0.5, 0.6) is 0 Å². The Bertz CT molecular complexity index is 619. The molecule has 1 amide bonds. The van der Waals surface area contributed by atoms with Gasteiger partial charge in [-0.2, -0.15) is 4.98 Å². The smallest absolute Gasteiger partial charge is 0.326 e. The topological polar surface area (TPSA) is 109 Å². The van der Waals surface area contributed by atoms with Crippen molar-refractivity contribution in [1.29, 1.82) is 0 Å². The largest absolute Gasteiger partial charge is 0.480 e. The van der Waals surface area contributed by atoms with E-state index in [9.17, 15) is 9.59 Å². The Morgan fingerprint density at radius 1 is 1.43 bits per heavy atom. The van der Waals surface area contributed by atoms with Crippen LogP contribution in [0.2, 0.25) is 0 Å². The molecule has 0 aliphatic carbocycles. The lowest BCUT2D eigenvalue weighted by atomic mass is 10.0. The van der Waals surface area contributed by atoms with Crippen LogP contribution in [-0.2, 0) is 16.0 Å². The molecule has 0 spiro atoms. The van der Waals surface area contributed by atoms with E-state index in [1.54, 1.807) is 18.5 Å². The molecule has 0 radical (unpaired) electrons. The maximum atomic E-state index is 11.9. The minimum Gasteiger partial charge on any atom is -0.480 e. The van der Waals surface area contributed by atoms with Gasteiger partial charge in [0.1, 0.15) is 6.04 Å². The van der Waals surface area contributed by atoms with Crippen molar-refractivity contribution in [1.82, 2.24) is 24.9 Å². The molecular weight excluding hydrogens is 274 g/mol. The minimum absolute atomic E-state index is 0.0781. The predicted octanol–water partition coefficient (Wildman–Crippen LogP) is 0.282. The Morgan fingerprint density at radius 3 is 2.81 bits per heavy atom. The van der Waals surface area contributed by atoms with Gasteiger partial charge in [0.2, 0.25) is 5.91 Å². The highest BCUT2D eigenvalue weighted by atomic mass is 16.4. The molecule has 0 saturated heterocycles. The maximum absolute atomic E-state index is 11.9. The van der Waals surface area contributed by atoms with Gasteiger partial charge in [0.15, 0.2) is 5.82 Å². The molecule has 112 valence electrons. The standard InChI is InChI=1S/C13H17N5O3/c1-8(2)6-9(12(20)21)15-11(19)7-10-16-13-14-4-3-5-18(13)17-10/h3-5,8-9H,6-7H2,1-2H3,(H,15,19)(H,20,21). The van der Waals surface area contributed by atoms with Crippen LogP contribution in [0.3, 0.4) is 0 Å². The van der Waals surface area contributed by atoms with E-state index in [0.717, 1.165) is 0 Å². The second kappa shape index (κ2) is 6.29. The van der Waals surface area contributed by atoms with Crippen molar-refractivity contribution in [2.45, 2.75) is 32.7 Å². The number of aliphatic carboxylic acids is 1. The van der Waals surface area contributed by atoms with Crippen LogP contribution in [0.1, 0.15) is 26.1 Å². The molecule has 2 N–H and O–H groups in total. The quantitative estimate of drug-likeness (QED) is 0.791. The van der Waals surface area contributed by atoms with E-state index >= 15 is 0 Å². The molecule has 0 aliphatic heterocycles. The molecule has 21 heavy (non-hydrogen) atoms. The van der Waals surface area contributed by atoms with Crippen molar-refractivity contribution in [3.05, 3.63) is 24.3 Å². The van der Waals surface area contributed by atoms with E-state index in [1.165, 1.54) is 4.52 Å². The van der Waals surface area contributed by atoms with Gasteiger partial charge in [0, 0.05) is 12.4 Å². The number of rotatable bonds is 6. The Kier molecular flexibility index (Phi) is 4.46.